The summed E-state index contributed by atoms with van der Waals surface area (Å²) in [5, 5.41) is 2.61. The number of hydrogen-bond acceptors (Lipinski definition) is 6. The minimum Gasteiger partial charge on any atom is -0.462 e. The van der Waals surface area contributed by atoms with Gasteiger partial charge in [0.25, 0.3) is 5.56 Å². The molecule has 1 amide bonds. The van der Waals surface area contributed by atoms with Gasteiger partial charge in [-0.1, -0.05) is 13.8 Å². The fourth-order valence-corrected chi connectivity index (χ4v) is 4.24. The lowest BCUT2D eigenvalue weighted by Crippen LogP contribution is -2.33. The summed E-state index contributed by atoms with van der Waals surface area (Å²) in [5.74, 6) is -0.980. The highest BCUT2D eigenvalue weighted by Gasteiger charge is 2.22. The summed E-state index contributed by atoms with van der Waals surface area (Å²) in [6.45, 7) is 5.63. The zero-order chi connectivity index (χ0) is 22.3. The normalized spacial score (nSPS) is 11.3. The van der Waals surface area contributed by atoms with E-state index in [1.807, 2.05) is 0 Å². The molecular weight excluding hydrogens is 410 g/mol. The van der Waals surface area contributed by atoms with Crippen LogP contribution < -0.4 is 10.9 Å². The van der Waals surface area contributed by atoms with Crippen LogP contribution in [0.3, 0.4) is 0 Å². The Morgan fingerprint density at radius 1 is 1.03 bits per heavy atom. The number of esters is 1. The minimum absolute atomic E-state index is 0.0580. The molecule has 0 saturated carbocycles. The number of carbonyl (C=O) groups excluding carboxylic acids is 2. The molecule has 0 atom stereocenters. The number of ether oxygens (including phenoxy) is 1. The second kappa shape index (κ2) is 10.2. The SMILES string of the molecule is CCOC(=O)c1ccc(NC(=O)Cn2cc(S(=O)(=O)N(CC)CC)ccc2=O)cc1. The highest BCUT2D eigenvalue weighted by Crippen LogP contribution is 2.14. The van der Waals surface area contributed by atoms with Crippen molar-refractivity contribution in [2.45, 2.75) is 32.2 Å². The number of pyridine rings is 1. The fourth-order valence-electron chi connectivity index (χ4n) is 2.76. The number of benzene rings is 1. The predicted molar refractivity (Wildman–Crippen MR) is 112 cm³/mol. The van der Waals surface area contributed by atoms with Gasteiger partial charge in [-0.2, -0.15) is 4.31 Å². The molecule has 0 unspecified atom stereocenters. The van der Waals surface area contributed by atoms with E-state index in [0.29, 0.717) is 24.3 Å². The molecule has 1 heterocycles. The third kappa shape index (κ3) is 5.55. The van der Waals surface area contributed by atoms with E-state index in [-0.39, 0.29) is 18.0 Å². The quantitative estimate of drug-likeness (QED) is 0.600. The van der Waals surface area contributed by atoms with Gasteiger partial charge in [0.1, 0.15) is 6.54 Å². The van der Waals surface area contributed by atoms with Gasteiger partial charge in [-0.05, 0) is 37.3 Å². The molecule has 0 saturated heterocycles. The molecule has 1 N–H and O–H groups in total. The molecule has 9 nitrogen and oxygen atoms in total. The molecule has 0 aliphatic rings. The number of rotatable bonds is 9. The van der Waals surface area contributed by atoms with E-state index in [4.69, 9.17) is 4.74 Å². The first-order valence-electron chi connectivity index (χ1n) is 9.50. The molecular formula is C20H25N3O6S. The summed E-state index contributed by atoms with van der Waals surface area (Å²) >= 11 is 0. The van der Waals surface area contributed by atoms with Crippen LogP contribution in [0, 0.1) is 0 Å². The topological polar surface area (TPSA) is 115 Å². The van der Waals surface area contributed by atoms with Gasteiger partial charge in [0.05, 0.1) is 17.1 Å². The van der Waals surface area contributed by atoms with Crippen LogP contribution in [0.4, 0.5) is 5.69 Å². The maximum atomic E-state index is 12.6. The molecule has 30 heavy (non-hydrogen) atoms. The van der Waals surface area contributed by atoms with Crippen LogP contribution in [0.15, 0.2) is 52.3 Å². The largest absolute Gasteiger partial charge is 0.462 e. The number of nitrogens with zero attached hydrogens (tertiary/aromatic N) is 2. The highest BCUT2D eigenvalue weighted by atomic mass is 32.2. The van der Waals surface area contributed by atoms with Gasteiger partial charge in [-0.3, -0.25) is 9.59 Å². The van der Waals surface area contributed by atoms with Gasteiger partial charge in [0.15, 0.2) is 0 Å². The lowest BCUT2D eigenvalue weighted by atomic mass is 10.2. The van der Waals surface area contributed by atoms with Crippen molar-refractivity contribution in [2.24, 2.45) is 0 Å². The zero-order valence-electron chi connectivity index (χ0n) is 17.1. The van der Waals surface area contributed by atoms with E-state index in [2.05, 4.69) is 5.32 Å². The van der Waals surface area contributed by atoms with Gasteiger partial charge < -0.3 is 14.6 Å². The summed E-state index contributed by atoms with van der Waals surface area (Å²) in [7, 11) is -3.75. The van der Waals surface area contributed by atoms with Crippen molar-refractivity contribution in [3.05, 3.63) is 58.5 Å². The highest BCUT2D eigenvalue weighted by molar-refractivity contribution is 7.89. The van der Waals surface area contributed by atoms with Gasteiger partial charge in [0.2, 0.25) is 15.9 Å². The number of nitrogens with one attached hydrogen (secondary N) is 1. The van der Waals surface area contributed by atoms with Gasteiger partial charge in [-0.25, -0.2) is 13.2 Å². The predicted octanol–water partition coefficient (Wildman–Crippen LogP) is 1.69. The Morgan fingerprint density at radius 3 is 2.23 bits per heavy atom. The van der Waals surface area contributed by atoms with Crippen molar-refractivity contribution in [1.29, 1.82) is 0 Å². The molecule has 0 aliphatic carbocycles. The third-order valence-corrected chi connectivity index (χ3v) is 6.33. The number of anilines is 1. The molecule has 10 heteroatoms. The molecule has 0 aliphatic heterocycles. The van der Waals surface area contributed by atoms with Gasteiger partial charge >= 0.3 is 5.97 Å². The summed E-state index contributed by atoms with van der Waals surface area (Å²) in [4.78, 5) is 36.0. The Labute approximate surface area is 175 Å². The van der Waals surface area contributed by atoms with Crippen molar-refractivity contribution in [1.82, 2.24) is 8.87 Å². The second-order valence-electron chi connectivity index (χ2n) is 6.27. The van der Waals surface area contributed by atoms with Crippen LogP contribution in [0.1, 0.15) is 31.1 Å². The number of amides is 1. The smallest absolute Gasteiger partial charge is 0.338 e. The Hall–Kier alpha value is -2.98. The zero-order valence-corrected chi connectivity index (χ0v) is 17.9. The second-order valence-corrected chi connectivity index (χ2v) is 8.20. The van der Waals surface area contributed by atoms with Crippen LogP contribution in [0.25, 0.3) is 0 Å². The molecule has 1 aromatic heterocycles. The standard InChI is InChI=1S/C20H25N3O6S/c1-4-23(5-2)30(27,28)17-11-12-19(25)22(13-17)14-18(24)21-16-9-7-15(8-10-16)20(26)29-6-3/h7-13H,4-6,14H2,1-3H3,(H,21,24). The van der Waals surface area contributed by atoms with Crippen LogP contribution in [0.5, 0.6) is 0 Å². The Kier molecular flexibility index (Phi) is 7.90. The first-order valence-corrected chi connectivity index (χ1v) is 10.9. The van der Waals surface area contributed by atoms with E-state index in [1.54, 1.807) is 20.8 Å². The summed E-state index contributed by atoms with van der Waals surface area (Å²) < 4.78 is 32.5. The molecule has 2 aromatic rings. The molecule has 2 rings (SSSR count). The average molecular weight is 436 g/mol. The number of carbonyl (C=O) groups is 2. The van der Waals surface area contributed by atoms with Crippen LogP contribution in [-0.2, 0) is 26.1 Å². The lowest BCUT2D eigenvalue weighted by Gasteiger charge is -2.19. The van der Waals surface area contributed by atoms with E-state index in [0.717, 1.165) is 10.6 Å². The Bertz CT molecular complexity index is 1060. The van der Waals surface area contributed by atoms with E-state index >= 15 is 0 Å². The third-order valence-electron chi connectivity index (χ3n) is 4.29. The van der Waals surface area contributed by atoms with E-state index in [9.17, 15) is 22.8 Å². The van der Waals surface area contributed by atoms with Gasteiger partial charge in [-0.15, -0.1) is 0 Å². The van der Waals surface area contributed by atoms with E-state index in [1.165, 1.54) is 40.8 Å². The summed E-state index contributed by atoms with van der Waals surface area (Å²) in [6.07, 6.45) is 1.17. The average Bonchev–Trinajstić information content (AvgIpc) is 2.71. The monoisotopic (exact) mass is 435 g/mol. The molecule has 0 radical (unpaired) electrons. The molecule has 0 fully saturated rings. The maximum Gasteiger partial charge on any atom is 0.338 e. The Balaban J connectivity index is 2.15. The number of aromatic nitrogens is 1. The van der Waals surface area contributed by atoms with Crippen LogP contribution in [0.2, 0.25) is 0 Å². The van der Waals surface area contributed by atoms with Crippen molar-refractivity contribution >= 4 is 27.6 Å². The van der Waals surface area contributed by atoms with Crippen molar-refractivity contribution < 1.29 is 22.7 Å². The fraction of sp³-hybridized carbons (Fsp3) is 0.350. The van der Waals surface area contributed by atoms with Crippen LogP contribution in [-0.4, -0.2) is 48.9 Å². The molecule has 162 valence electrons. The number of sulfonamides is 1. The molecule has 1 aromatic carbocycles. The molecule has 0 bridgehead atoms. The summed E-state index contributed by atoms with van der Waals surface area (Å²) in [5.41, 5.74) is 0.273. The van der Waals surface area contributed by atoms with Crippen molar-refractivity contribution in [3.8, 4) is 0 Å². The maximum absolute atomic E-state index is 12.6. The minimum atomic E-state index is -3.75. The number of hydrogen-bond donors (Lipinski definition) is 1. The molecule has 0 spiro atoms. The first kappa shape index (κ1) is 23.3. The Morgan fingerprint density at radius 2 is 1.67 bits per heavy atom. The lowest BCUT2D eigenvalue weighted by molar-refractivity contribution is -0.116. The van der Waals surface area contributed by atoms with Crippen LogP contribution >= 0.6 is 0 Å². The van der Waals surface area contributed by atoms with E-state index < -0.39 is 27.5 Å². The first-order chi connectivity index (χ1) is 14.2. The van der Waals surface area contributed by atoms with Crippen molar-refractivity contribution in [2.75, 3.05) is 25.0 Å². The summed E-state index contributed by atoms with van der Waals surface area (Å²) in [6, 6.07) is 8.45. The van der Waals surface area contributed by atoms with Gasteiger partial charge in [0, 0.05) is 31.0 Å². The van der Waals surface area contributed by atoms with Crippen molar-refractivity contribution in [3.63, 3.8) is 0 Å².